The third-order valence-corrected chi connectivity index (χ3v) is 2.31. The van der Waals surface area contributed by atoms with Crippen LogP contribution in [0.1, 0.15) is 38.9 Å². The van der Waals surface area contributed by atoms with Gasteiger partial charge in [-0.1, -0.05) is 19.8 Å². The van der Waals surface area contributed by atoms with Crippen molar-refractivity contribution in [2.75, 3.05) is 6.54 Å². The van der Waals surface area contributed by atoms with Gasteiger partial charge >= 0.3 is 0 Å². The molecule has 4 heteroatoms. The van der Waals surface area contributed by atoms with Gasteiger partial charge in [0, 0.05) is 19.0 Å². The van der Waals surface area contributed by atoms with Crippen molar-refractivity contribution in [2.24, 2.45) is 0 Å². The van der Waals surface area contributed by atoms with Crippen molar-refractivity contribution in [3.63, 3.8) is 0 Å². The molecular formula is C10H20N4. The molecule has 0 aliphatic rings. The Kier molecular flexibility index (Phi) is 5.22. The van der Waals surface area contributed by atoms with Gasteiger partial charge in [-0.15, -0.1) is 0 Å². The van der Waals surface area contributed by atoms with Gasteiger partial charge in [-0.25, -0.2) is 4.98 Å². The highest BCUT2D eigenvalue weighted by Crippen LogP contribution is 1.99. The Hall–Kier alpha value is -0.900. The van der Waals surface area contributed by atoms with E-state index in [2.05, 4.69) is 34.3 Å². The van der Waals surface area contributed by atoms with Crippen molar-refractivity contribution in [1.29, 1.82) is 0 Å². The van der Waals surface area contributed by atoms with Gasteiger partial charge < -0.3 is 5.32 Å². The van der Waals surface area contributed by atoms with Gasteiger partial charge in [-0.3, -0.25) is 5.10 Å². The lowest BCUT2D eigenvalue weighted by atomic mass is 10.1. The fourth-order valence-electron chi connectivity index (χ4n) is 1.40. The highest BCUT2D eigenvalue weighted by atomic mass is 15.2. The molecular weight excluding hydrogens is 176 g/mol. The number of H-pyrrole nitrogens is 1. The molecule has 0 saturated carbocycles. The van der Waals surface area contributed by atoms with Crippen molar-refractivity contribution in [3.8, 4) is 0 Å². The fourth-order valence-corrected chi connectivity index (χ4v) is 1.40. The molecule has 0 aliphatic carbocycles. The molecule has 1 rings (SSSR count). The average Bonchev–Trinajstić information content (AvgIpc) is 2.67. The Balaban J connectivity index is 2.03. The van der Waals surface area contributed by atoms with E-state index in [1.807, 2.05) is 0 Å². The van der Waals surface area contributed by atoms with Gasteiger partial charge in [0.05, 0.1) is 0 Å². The lowest BCUT2D eigenvalue weighted by Gasteiger charge is -2.11. The van der Waals surface area contributed by atoms with E-state index < -0.39 is 0 Å². The molecule has 1 aromatic heterocycles. The Labute approximate surface area is 85.5 Å². The largest absolute Gasteiger partial charge is 0.314 e. The minimum atomic E-state index is 0.609. The van der Waals surface area contributed by atoms with Gasteiger partial charge in [0.1, 0.15) is 12.2 Å². The fraction of sp³-hybridized carbons (Fsp3) is 0.800. The lowest BCUT2D eigenvalue weighted by Crippen LogP contribution is -2.28. The van der Waals surface area contributed by atoms with Crippen LogP contribution in [0.3, 0.4) is 0 Å². The van der Waals surface area contributed by atoms with Crippen molar-refractivity contribution in [1.82, 2.24) is 20.5 Å². The molecule has 1 aromatic rings. The molecule has 1 heterocycles. The quantitative estimate of drug-likeness (QED) is 0.695. The Morgan fingerprint density at radius 1 is 1.57 bits per heavy atom. The van der Waals surface area contributed by atoms with Gasteiger partial charge in [-0.05, 0) is 13.3 Å². The van der Waals surface area contributed by atoms with E-state index in [1.165, 1.54) is 19.3 Å². The van der Waals surface area contributed by atoms with Crippen LogP contribution in [0, 0.1) is 0 Å². The molecule has 14 heavy (non-hydrogen) atoms. The third kappa shape index (κ3) is 4.37. The predicted octanol–water partition coefficient (Wildman–Crippen LogP) is 1.52. The van der Waals surface area contributed by atoms with Gasteiger partial charge in [0.2, 0.25) is 0 Å². The van der Waals surface area contributed by atoms with Crippen molar-refractivity contribution < 1.29 is 0 Å². The second-order valence-corrected chi connectivity index (χ2v) is 3.68. The van der Waals surface area contributed by atoms with E-state index >= 15 is 0 Å². The van der Waals surface area contributed by atoms with Crippen molar-refractivity contribution in [2.45, 2.75) is 45.6 Å². The standard InChI is InChI=1S/C10H20N4/c1-3-4-5-9(2)11-7-6-10-12-8-13-14-10/h8-9,11H,3-7H2,1-2H3,(H,12,13,14). The summed E-state index contributed by atoms with van der Waals surface area (Å²) in [6.07, 6.45) is 6.31. The van der Waals surface area contributed by atoms with Crippen molar-refractivity contribution in [3.05, 3.63) is 12.2 Å². The summed E-state index contributed by atoms with van der Waals surface area (Å²) >= 11 is 0. The topological polar surface area (TPSA) is 53.6 Å². The van der Waals surface area contributed by atoms with Crippen LogP contribution in [0.15, 0.2) is 6.33 Å². The molecule has 0 radical (unpaired) electrons. The zero-order valence-corrected chi connectivity index (χ0v) is 9.08. The van der Waals surface area contributed by atoms with Gasteiger partial charge in [-0.2, -0.15) is 5.10 Å². The van der Waals surface area contributed by atoms with Crippen LogP contribution < -0.4 is 5.32 Å². The molecule has 0 bridgehead atoms. The SMILES string of the molecule is CCCCC(C)NCCc1ncn[nH]1. The van der Waals surface area contributed by atoms with E-state index in [9.17, 15) is 0 Å². The molecule has 2 N–H and O–H groups in total. The van der Waals surface area contributed by atoms with E-state index in [0.29, 0.717) is 6.04 Å². The number of hydrogen-bond donors (Lipinski definition) is 2. The first kappa shape index (κ1) is 11.2. The number of rotatable bonds is 7. The van der Waals surface area contributed by atoms with Crippen LogP contribution in [0.2, 0.25) is 0 Å². The van der Waals surface area contributed by atoms with E-state index in [4.69, 9.17) is 0 Å². The predicted molar refractivity (Wildman–Crippen MR) is 57.1 cm³/mol. The Morgan fingerprint density at radius 3 is 3.07 bits per heavy atom. The number of hydrogen-bond acceptors (Lipinski definition) is 3. The van der Waals surface area contributed by atoms with Crippen LogP contribution in [-0.4, -0.2) is 27.8 Å². The molecule has 0 aliphatic heterocycles. The van der Waals surface area contributed by atoms with Gasteiger partial charge in [0.15, 0.2) is 0 Å². The summed E-state index contributed by atoms with van der Waals surface area (Å²) in [6, 6.07) is 0.609. The summed E-state index contributed by atoms with van der Waals surface area (Å²) in [5.74, 6) is 0.959. The van der Waals surface area contributed by atoms with Crippen molar-refractivity contribution >= 4 is 0 Å². The maximum absolute atomic E-state index is 4.07. The highest BCUT2D eigenvalue weighted by Gasteiger charge is 2.00. The Bertz CT molecular complexity index is 220. The van der Waals surface area contributed by atoms with E-state index in [0.717, 1.165) is 18.8 Å². The summed E-state index contributed by atoms with van der Waals surface area (Å²) in [4.78, 5) is 4.07. The third-order valence-electron chi connectivity index (χ3n) is 2.31. The Morgan fingerprint density at radius 2 is 2.43 bits per heavy atom. The smallest absolute Gasteiger partial charge is 0.137 e. The first-order chi connectivity index (χ1) is 6.83. The number of aromatic amines is 1. The highest BCUT2D eigenvalue weighted by molar-refractivity contribution is 4.80. The number of nitrogens with zero attached hydrogens (tertiary/aromatic N) is 2. The maximum atomic E-state index is 4.07. The monoisotopic (exact) mass is 196 g/mol. The minimum absolute atomic E-state index is 0.609. The summed E-state index contributed by atoms with van der Waals surface area (Å²) < 4.78 is 0. The normalized spacial score (nSPS) is 13.0. The van der Waals surface area contributed by atoms with Crippen LogP contribution in [-0.2, 0) is 6.42 Å². The molecule has 0 spiro atoms. The second kappa shape index (κ2) is 6.54. The second-order valence-electron chi connectivity index (χ2n) is 3.68. The molecule has 1 unspecified atom stereocenters. The number of aromatic nitrogens is 3. The van der Waals surface area contributed by atoms with Crippen LogP contribution in [0.25, 0.3) is 0 Å². The molecule has 80 valence electrons. The molecule has 1 atom stereocenters. The summed E-state index contributed by atoms with van der Waals surface area (Å²) in [5, 5.41) is 10.1. The van der Waals surface area contributed by atoms with Crippen LogP contribution >= 0.6 is 0 Å². The molecule has 0 aromatic carbocycles. The molecule has 0 amide bonds. The first-order valence-corrected chi connectivity index (χ1v) is 5.40. The zero-order valence-electron chi connectivity index (χ0n) is 9.08. The van der Waals surface area contributed by atoms with E-state index in [-0.39, 0.29) is 0 Å². The summed E-state index contributed by atoms with van der Waals surface area (Å²) in [5.41, 5.74) is 0. The summed E-state index contributed by atoms with van der Waals surface area (Å²) in [7, 11) is 0. The first-order valence-electron chi connectivity index (χ1n) is 5.40. The number of unbranched alkanes of at least 4 members (excludes halogenated alkanes) is 1. The lowest BCUT2D eigenvalue weighted by molar-refractivity contribution is 0.495. The zero-order chi connectivity index (χ0) is 10.2. The molecule has 4 nitrogen and oxygen atoms in total. The van der Waals surface area contributed by atoms with Crippen LogP contribution in [0.4, 0.5) is 0 Å². The average molecular weight is 196 g/mol. The molecule has 0 fully saturated rings. The number of nitrogens with one attached hydrogen (secondary N) is 2. The maximum Gasteiger partial charge on any atom is 0.137 e. The van der Waals surface area contributed by atoms with E-state index in [1.54, 1.807) is 6.33 Å². The van der Waals surface area contributed by atoms with Gasteiger partial charge in [0.25, 0.3) is 0 Å². The summed E-state index contributed by atoms with van der Waals surface area (Å²) in [6.45, 7) is 5.43. The molecule has 0 saturated heterocycles. The van der Waals surface area contributed by atoms with Crippen LogP contribution in [0.5, 0.6) is 0 Å². The minimum Gasteiger partial charge on any atom is -0.314 e.